The van der Waals surface area contributed by atoms with Gasteiger partial charge in [0.2, 0.25) is 0 Å². The van der Waals surface area contributed by atoms with E-state index < -0.39 is 0 Å². The second kappa shape index (κ2) is 6.87. The highest BCUT2D eigenvalue weighted by Gasteiger charge is 2.24. The second-order valence-corrected chi connectivity index (χ2v) is 4.98. The van der Waals surface area contributed by atoms with Crippen LogP contribution < -0.4 is 10.1 Å². The third-order valence-electron chi connectivity index (χ3n) is 3.91. The summed E-state index contributed by atoms with van der Waals surface area (Å²) in [6, 6.07) is 5.61. The van der Waals surface area contributed by atoms with Gasteiger partial charge in [0.05, 0.1) is 7.11 Å². The van der Waals surface area contributed by atoms with Crippen LogP contribution in [0.5, 0.6) is 5.75 Å². The molecular formula is C15H22FNO2. The maximum absolute atomic E-state index is 14.2. The van der Waals surface area contributed by atoms with E-state index in [1.165, 1.54) is 7.11 Å². The molecule has 1 aromatic carbocycles. The van der Waals surface area contributed by atoms with E-state index in [0.717, 1.165) is 26.1 Å². The molecule has 4 heteroatoms. The third-order valence-corrected chi connectivity index (χ3v) is 3.91. The van der Waals surface area contributed by atoms with Gasteiger partial charge < -0.3 is 14.8 Å². The highest BCUT2D eigenvalue weighted by Crippen LogP contribution is 2.25. The Morgan fingerprint density at radius 1 is 1.42 bits per heavy atom. The lowest BCUT2D eigenvalue weighted by Crippen LogP contribution is -2.38. The first-order valence-electron chi connectivity index (χ1n) is 6.82. The summed E-state index contributed by atoms with van der Waals surface area (Å²) in [5.74, 6) is 0.626. The Morgan fingerprint density at radius 2 is 2.16 bits per heavy atom. The minimum atomic E-state index is -0.239. The van der Waals surface area contributed by atoms with Gasteiger partial charge in [-0.2, -0.15) is 0 Å². The van der Waals surface area contributed by atoms with Crippen molar-refractivity contribution in [2.24, 2.45) is 5.92 Å². The molecule has 1 fully saturated rings. The highest BCUT2D eigenvalue weighted by molar-refractivity contribution is 5.31. The summed E-state index contributed by atoms with van der Waals surface area (Å²) in [6.45, 7) is 1.62. The van der Waals surface area contributed by atoms with Gasteiger partial charge in [-0.3, -0.25) is 0 Å². The number of rotatable bonds is 5. The normalized spacial score (nSPS) is 18.3. The van der Waals surface area contributed by atoms with E-state index in [0.29, 0.717) is 23.7 Å². The summed E-state index contributed by atoms with van der Waals surface area (Å²) >= 11 is 0. The monoisotopic (exact) mass is 267 g/mol. The van der Waals surface area contributed by atoms with Crippen LogP contribution in [0, 0.1) is 11.7 Å². The van der Waals surface area contributed by atoms with E-state index in [1.807, 2.05) is 19.2 Å². The molecular weight excluding hydrogens is 245 g/mol. The first kappa shape index (κ1) is 14.3. The Balaban J connectivity index is 2.09. The molecule has 1 heterocycles. The van der Waals surface area contributed by atoms with E-state index in [1.54, 1.807) is 6.07 Å². The summed E-state index contributed by atoms with van der Waals surface area (Å²) in [5.41, 5.74) is 0.713. The summed E-state index contributed by atoms with van der Waals surface area (Å²) in [6.07, 6.45) is 2.76. The van der Waals surface area contributed by atoms with E-state index in [4.69, 9.17) is 9.47 Å². The molecule has 1 atom stereocenters. The SMILES string of the molecule is CNC(Cc1cccc(OC)c1F)C1CCOCC1. The smallest absolute Gasteiger partial charge is 0.168 e. The van der Waals surface area contributed by atoms with Crippen molar-refractivity contribution in [3.8, 4) is 5.75 Å². The zero-order chi connectivity index (χ0) is 13.7. The van der Waals surface area contributed by atoms with Crippen LogP contribution in [-0.2, 0) is 11.2 Å². The number of hydrogen-bond donors (Lipinski definition) is 1. The van der Waals surface area contributed by atoms with E-state index in [9.17, 15) is 4.39 Å². The lowest BCUT2D eigenvalue weighted by Gasteiger charge is -2.30. The lowest BCUT2D eigenvalue weighted by molar-refractivity contribution is 0.0546. The van der Waals surface area contributed by atoms with Crippen LogP contribution in [0.3, 0.4) is 0 Å². The van der Waals surface area contributed by atoms with Crippen LogP contribution in [0.4, 0.5) is 4.39 Å². The molecule has 1 aliphatic rings. The molecule has 1 unspecified atom stereocenters. The zero-order valence-corrected chi connectivity index (χ0v) is 11.6. The highest BCUT2D eigenvalue weighted by atomic mass is 19.1. The Morgan fingerprint density at radius 3 is 2.79 bits per heavy atom. The molecule has 1 saturated heterocycles. The largest absolute Gasteiger partial charge is 0.494 e. The zero-order valence-electron chi connectivity index (χ0n) is 11.6. The van der Waals surface area contributed by atoms with E-state index >= 15 is 0 Å². The van der Waals surface area contributed by atoms with Crippen LogP contribution in [0.15, 0.2) is 18.2 Å². The predicted molar refractivity (Wildman–Crippen MR) is 73.0 cm³/mol. The Hall–Kier alpha value is -1.13. The van der Waals surface area contributed by atoms with Crippen LogP contribution >= 0.6 is 0 Å². The van der Waals surface area contributed by atoms with Crippen LogP contribution in [0.25, 0.3) is 0 Å². The molecule has 2 rings (SSSR count). The van der Waals surface area contributed by atoms with Gasteiger partial charge in [0.1, 0.15) is 0 Å². The second-order valence-electron chi connectivity index (χ2n) is 4.98. The van der Waals surface area contributed by atoms with Gasteiger partial charge in [-0.1, -0.05) is 12.1 Å². The number of likely N-dealkylation sites (N-methyl/N-ethyl adjacent to an activating group) is 1. The lowest BCUT2D eigenvalue weighted by atomic mass is 9.87. The summed E-state index contributed by atoms with van der Waals surface area (Å²) in [7, 11) is 3.44. The molecule has 1 N–H and O–H groups in total. The Kier molecular flexibility index (Phi) is 5.16. The van der Waals surface area contributed by atoms with Crippen molar-refractivity contribution in [2.75, 3.05) is 27.4 Å². The van der Waals surface area contributed by atoms with Gasteiger partial charge in [0.25, 0.3) is 0 Å². The molecule has 0 saturated carbocycles. The van der Waals surface area contributed by atoms with Gasteiger partial charge >= 0.3 is 0 Å². The molecule has 0 radical (unpaired) electrons. The molecule has 1 aliphatic heterocycles. The molecule has 0 aromatic heterocycles. The maximum Gasteiger partial charge on any atom is 0.168 e. The van der Waals surface area contributed by atoms with Gasteiger partial charge in [-0.25, -0.2) is 4.39 Å². The topological polar surface area (TPSA) is 30.5 Å². The molecule has 3 nitrogen and oxygen atoms in total. The fraction of sp³-hybridized carbons (Fsp3) is 0.600. The van der Waals surface area contributed by atoms with Crippen molar-refractivity contribution < 1.29 is 13.9 Å². The average molecular weight is 267 g/mol. The van der Waals surface area contributed by atoms with E-state index in [-0.39, 0.29) is 11.9 Å². The minimum absolute atomic E-state index is 0.239. The summed E-state index contributed by atoms with van der Waals surface area (Å²) in [4.78, 5) is 0. The van der Waals surface area contributed by atoms with Crippen LogP contribution in [0.1, 0.15) is 18.4 Å². The number of nitrogens with one attached hydrogen (secondary N) is 1. The molecule has 0 bridgehead atoms. The predicted octanol–water partition coefficient (Wildman–Crippen LogP) is 2.39. The van der Waals surface area contributed by atoms with Gasteiger partial charge in [-0.05, 0) is 43.9 Å². The van der Waals surface area contributed by atoms with Crippen molar-refractivity contribution in [1.82, 2.24) is 5.32 Å². The van der Waals surface area contributed by atoms with Crippen molar-refractivity contribution in [1.29, 1.82) is 0 Å². The molecule has 0 aliphatic carbocycles. The van der Waals surface area contributed by atoms with Crippen molar-refractivity contribution in [2.45, 2.75) is 25.3 Å². The Labute approximate surface area is 114 Å². The van der Waals surface area contributed by atoms with Crippen LogP contribution in [0.2, 0.25) is 0 Å². The fourth-order valence-corrected chi connectivity index (χ4v) is 2.73. The number of halogens is 1. The molecule has 1 aromatic rings. The maximum atomic E-state index is 14.2. The summed E-state index contributed by atoms with van der Waals surface area (Å²) in [5, 5.41) is 3.32. The number of methoxy groups -OCH3 is 1. The molecule has 106 valence electrons. The van der Waals surface area contributed by atoms with Crippen molar-refractivity contribution >= 4 is 0 Å². The number of benzene rings is 1. The van der Waals surface area contributed by atoms with Gasteiger partial charge in [-0.15, -0.1) is 0 Å². The minimum Gasteiger partial charge on any atom is -0.494 e. The average Bonchev–Trinajstić information content (AvgIpc) is 2.47. The van der Waals surface area contributed by atoms with Gasteiger partial charge in [0.15, 0.2) is 11.6 Å². The van der Waals surface area contributed by atoms with Crippen molar-refractivity contribution in [3.63, 3.8) is 0 Å². The first-order chi connectivity index (χ1) is 9.26. The third kappa shape index (κ3) is 3.45. The fourth-order valence-electron chi connectivity index (χ4n) is 2.73. The summed E-state index contributed by atoms with van der Waals surface area (Å²) < 4.78 is 24.6. The van der Waals surface area contributed by atoms with E-state index in [2.05, 4.69) is 5.32 Å². The quantitative estimate of drug-likeness (QED) is 0.888. The van der Waals surface area contributed by atoms with Gasteiger partial charge in [0, 0.05) is 19.3 Å². The van der Waals surface area contributed by atoms with Crippen LogP contribution in [-0.4, -0.2) is 33.4 Å². The standard InChI is InChI=1S/C15H22FNO2/c1-17-13(11-6-8-19-9-7-11)10-12-4-3-5-14(18-2)15(12)16/h3-5,11,13,17H,6-10H2,1-2H3. The first-order valence-corrected chi connectivity index (χ1v) is 6.82. The number of ether oxygens (including phenoxy) is 2. The Bertz CT molecular complexity index is 405. The van der Waals surface area contributed by atoms with Crippen molar-refractivity contribution in [3.05, 3.63) is 29.6 Å². The molecule has 0 spiro atoms. The number of hydrogen-bond acceptors (Lipinski definition) is 3. The molecule has 19 heavy (non-hydrogen) atoms. The molecule has 0 amide bonds.